The quantitative estimate of drug-likeness (QED) is 0.422. The molecule has 1 aromatic heterocycles. The van der Waals surface area contributed by atoms with Crippen LogP contribution in [0, 0.1) is 5.92 Å². The zero-order chi connectivity index (χ0) is 23.3. The van der Waals surface area contributed by atoms with Crippen LogP contribution in [0.2, 0.25) is 5.02 Å². The number of aromatic nitrogens is 2. The van der Waals surface area contributed by atoms with Crippen molar-refractivity contribution in [2.75, 3.05) is 46.6 Å². The lowest BCUT2D eigenvalue weighted by molar-refractivity contribution is 0.165. The normalized spacial score (nSPS) is 19.8. The first-order valence-corrected chi connectivity index (χ1v) is 12.7. The van der Waals surface area contributed by atoms with Crippen molar-refractivity contribution in [3.8, 4) is 5.75 Å². The van der Waals surface area contributed by atoms with Gasteiger partial charge in [-0.05, 0) is 74.2 Å². The van der Waals surface area contributed by atoms with Crippen LogP contribution in [0.25, 0.3) is 11.0 Å². The van der Waals surface area contributed by atoms with Gasteiger partial charge in [0.2, 0.25) is 0 Å². The number of halogens is 1. The topological polar surface area (TPSA) is 48.8 Å². The van der Waals surface area contributed by atoms with Crippen molar-refractivity contribution in [3.05, 3.63) is 58.9 Å². The zero-order valence-corrected chi connectivity index (χ0v) is 20.7. The third kappa shape index (κ3) is 5.41. The van der Waals surface area contributed by atoms with Gasteiger partial charge in [0.1, 0.15) is 11.6 Å². The largest absolute Gasteiger partial charge is 0.493 e. The standard InChI is InChI=1S/C27H34ClN3O3/c1-32-15-13-31-25-5-3-2-4-24(25)29-27(31)17-30-11-8-21(9-12-30)23-16-22(28)6-7-26(23)34-19-20-10-14-33-18-20/h2-7,16,20-21H,8-15,17-19H2,1H3. The van der Waals surface area contributed by atoms with Gasteiger partial charge in [-0.2, -0.15) is 0 Å². The van der Waals surface area contributed by atoms with E-state index in [1.165, 1.54) is 11.1 Å². The van der Waals surface area contributed by atoms with Crippen molar-refractivity contribution in [2.45, 2.75) is 38.3 Å². The van der Waals surface area contributed by atoms with Gasteiger partial charge >= 0.3 is 0 Å². The molecule has 7 heteroatoms. The zero-order valence-electron chi connectivity index (χ0n) is 19.9. The molecular weight excluding hydrogens is 450 g/mol. The van der Waals surface area contributed by atoms with Crippen molar-refractivity contribution in [1.29, 1.82) is 0 Å². The van der Waals surface area contributed by atoms with Crippen molar-refractivity contribution >= 4 is 22.6 Å². The van der Waals surface area contributed by atoms with Gasteiger partial charge in [0.05, 0.1) is 37.4 Å². The molecule has 2 aromatic carbocycles. The van der Waals surface area contributed by atoms with E-state index in [-0.39, 0.29) is 0 Å². The molecule has 0 N–H and O–H groups in total. The minimum absolute atomic E-state index is 0.456. The number of methoxy groups -OCH3 is 1. The second-order valence-electron chi connectivity index (χ2n) is 9.43. The van der Waals surface area contributed by atoms with E-state index in [2.05, 4.69) is 39.8 Å². The molecule has 0 amide bonds. The molecule has 2 aliphatic heterocycles. The molecular formula is C27H34ClN3O3. The van der Waals surface area contributed by atoms with Crippen LogP contribution >= 0.6 is 11.6 Å². The number of piperidine rings is 1. The summed E-state index contributed by atoms with van der Waals surface area (Å²) in [6.07, 6.45) is 3.25. The molecule has 0 radical (unpaired) electrons. The van der Waals surface area contributed by atoms with Gasteiger partial charge in [-0.25, -0.2) is 4.98 Å². The minimum atomic E-state index is 0.456. The predicted molar refractivity (Wildman–Crippen MR) is 135 cm³/mol. The Morgan fingerprint density at radius 2 is 1.97 bits per heavy atom. The first kappa shape index (κ1) is 23.6. The maximum absolute atomic E-state index is 6.39. The summed E-state index contributed by atoms with van der Waals surface area (Å²) in [4.78, 5) is 7.46. The fraction of sp³-hybridized carbons (Fsp3) is 0.519. The van der Waals surface area contributed by atoms with E-state index < -0.39 is 0 Å². The first-order chi connectivity index (χ1) is 16.7. The lowest BCUT2D eigenvalue weighted by atomic mass is 9.88. The van der Waals surface area contributed by atoms with Crippen LogP contribution in [0.3, 0.4) is 0 Å². The Kier molecular flexibility index (Phi) is 7.70. The Morgan fingerprint density at radius 3 is 2.76 bits per heavy atom. The number of rotatable bonds is 9. The van der Waals surface area contributed by atoms with Crippen molar-refractivity contribution in [2.24, 2.45) is 5.92 Å². The van der Waals surface area contributed by atoms with Crippen LogP contribution < -0.4 is 4.74 Å². The molecule has 2 fully saturated rings. The van der Waals surface area contributed by atoms with Crippen molar-refractivity contribution in [3.63, 3.8) is 0 Å². The second-order valence-corrected chi connectivity index (χ2v) is 9.87. The Hall–Kier alpha value is -2.12. The molecule has 3 aromatic rings. The molecule has 1 atom stereocenters. The number of para-hydroxylation sites is 2. The van der Waals surface area contributed by atoms with Crippen LogP contribution in [0.5, 0.6) is 5.75 Å². The van der Waals surface area contributed by atoms with E-state index in [0.29, 0.717) is 25.0 Å². The highest BCUT2D eigenvalue weighted by molar-refractivity contribution is 6.30. The van der Waals surface area contributed by atoms with Crippen molar-refractivity contribution in [1.82, 2.24) is 14.5 Å². The molecule has 34 heavy (non-hydrogen) atoms. The Morgan fingerprint density at radius 1 is 1.12 bits per heavy atom. The molecule has 182 valence electrons. The molecule has 0 bridgehead atoms. The summed E-state index contributed by atoms with van der Waals surface area (Å²) in [5.41, 5.74) is 3.48. The van der Waals surface area contributed by atoms with Crippen LogP contribution in [0.4, 0.5) is 0 Å². The average molecular weight is 484 g/mol. The SMILES string of the molecule is COCCn1c(CN2CCC(c3cc(Cl)ccc3OCC3CCOC3)CC2)nc2ccccc21. The molecule has 0 spiro atoms. The summed E-state index contributed by atoms with van der Waals surface area (Å²) in [5, 5.41) is 0.779. The number of nitrogens with zero attached hydrogens (tertiary/aromatic N) is 3. The Labute approximate surface area is 206 Å². The van der Waals surface area contributed by atoms with E-state index >= 15 is 0 Å². The number of imidazole rings is 1. The van der Waals surface area contributed by atoms with E-state index in [4.69, 9.17) is 30.8 Å². The summed E-state index contributed by atoms with van der Waals surface area (Å²) in [5.74, 6) is 3.04. The van der Waals surface area contributed by atoms with E-state index in [9.17, 15) is 0 Å². The number of hydrogen-bond acceptors (Lipinski definition) is 5. The highest BCUT2D eigenvalue weighted by atomic mass is 35.5. The average Bonchev–Trinajstić information content (AvgIpc) is 3.50. The third-order valence-corrected chi connectivity index (χ3v) is 7.35. The third-order valence-electron chi connectivity index (χ3n) is 7.12. The van der Waals surface area contributed by atoms with Gasteiger partial charge in [0.15, 0.2) is 0 Å². The van der Waals surface area contributed by atoms with Crippen LogP contribution in [-0.2, 0) is 22.6 Å². The number of hydrogen-bond donors (Lipinski definition) is 0. The molecule has 5 rings (SSSR count). The Balaban J connectivity index is 1.24. The molecule has 6 nitrogen and oxygen atoms in total. The summed E-state index contributed by atoms with van der Waals surface area (Å²) in [6, 6.07) is 14.4. The van der Waals surface area contributed by atoms with E-state index in [1.54, 1.807) is 7.11 Å². The smallest absolute Gasteiger partial charge is 0.124 e. The van der Waals surface area contributed by atoms with Crippen LogP contribution in [0.15, 0.2) is 42.5 Å². The number of fused-ring (bicyclic) bond motifs is 1. The fourth-order valence-corrected chi connectivity index (χ4v) is 5.35. The lowest BCUT2D eigenvalue weighted by Crippen LogP contribution is -2.33. The van der Waals surface area contributed by atoms with Gasteiger partial charge in [-0.3, -0.25) is 4.90 Å². The highest BCUT2D eigenvalue weighted by Crippen LogP contribution is 2.37. The summed E-state index contributed by atoms with van der Waals surface area (Å²) in [6.45, 7) is 6.77. The molecule has 0 aliphatic carbocycles. The van der Waals surface area contributed by atoms with Crippen LogP contribution in [-0.4, -0.2) is 61.1 Å². The van der Waals surface area contributed by atoms with E-state index in [0.717, 1.165) is 80.8 Å². The number of benzene rings is 2. The monoisotopic (exact) mass is 483 g/mol. The van der Waals surface area contributed by atoms with Gasteiger partial charge in [0, 0.05) is 31.2 Å². The highest BCUT2D eigenvalue weighted by Gasteiger charge is 2.25. The van der Waals surface area contributed by atoms with Gasteiger partial charge in [0.25, 0.3) is 0 Å². The molecule has 2 aliphatic rings. The molecule has 0 saturated carbocycles. The lowest BCUT2D eigenvalue weighted by Gasteiger charge is -2.33. The minimum Gasteiger partial charge on any atom is -0.493 e. The van der Waals surface area contributed by atoms with E-state index in [1.807, 2.05) is 12.1 Å². The first-order valence-electron chi connectivity index (χ1n) is 12.4. The summed E-state index contributed by atoms with van der Waals surface area (Å²) < 4.78 is 19.4. The van der Waals surface area contributed by atoms with Gasteiger partial charge in [-0.15, -0.1) is 0 Å². The summed E-state index contributed by atoms with van der Waals surface area (Å²) in [7, 11) is 1.75. The Bertz CT molecular complexity index is 1090. The van der Waals surface area contributed by atoms with Crippen molar-refractivity contribution < 1.29 is 14.2 Å². The van der Waals surface area contributed by atoms with Crippen LogP contribution in [0.1, 0.15) is 36.6 Å². The maximum Gasteiger partial charge on any atom is 0.124 e. The fourth-order valence-electron chi connectivity index (χ4n) is 5.17. The van der Waals surface area contributed by atoms with Gasteiger partial charge < -0.3 is 18.8 Å². The number of likely N-dealkylation sites (tertiary alicyclic amines) is 1. The second kappa shape index (κ2) is 11.1. The molecule has 1 unspecified atom stereocenters. The molecule has 3 heterocycles. The number of ether oxygens (including phenoxy) is 3. The van der Waals surface area contributed by atoms with Gasteiger partial charge in [-0.1, -0.05) is 23.7 Å². The summed E-state index contributed by atoms with van der Waals surface area (Å²) >= 11 is 6.39. The molecule has 2 saturated heterocycles. The maximum atomic E-state index is 6.39. The predicted octanol–water partition coefficient (Wildman–Crippen LogP) is 5.13.